The summed E-state index contributed by atoms with van der Waals surface area (Å²) in [6, 6.07) is 0. The molecular weight excluding hydrogens is 348 g/mol. The van der Waals surface area contributed by atoms with Crippen molar-refractivity contribution in [3.8, 4) is 0 Å². The van der Waals surface area contributed by atoms with E-state index in [-0.39, 0.29) is 24.9 Å². The number of hydrogen-bond acceptors (Lipinski definition) is 5. The minimum Gasteiger partial charge on any atom is -0.413 e. The van der Waals surface area contributed by atoms with Crippen LogP contribution in [0.25, 0.3) is 0 Å². The predicted octanol–water partition coefficient (Wildman–Crippen LogP) is 4.61. The molecule has 1 aliphatic heterocycles. The van der Waals surface area contributed by atoms with Crippen molar-refractivity contribution in [3.05, 3.63) is 0 Å². The molecule has 0 N–H and O–H groups in total. The summed E-state index contributed by atoms with van der Waals surface area (Å²) in [5.74, 6) is 0.286. The molecular formula is C20H42O5Si. The van der Waals surface area contributed by atoms with E-state index < -0.39 is 8.32 Å². The predicted molar refractivity (Wildman–Crippen MR) is 108 cm³/mol. The summed E-state index contributed by atoms with van der Waals surface area (Å²) in [6.07, 6.45) is 0.555. The average molecular weight is 391 g/mol. The van der Waals surface area contributed by atoms with Crippen molar-refractivity contribution in [2.24, 2.45) is 5.92 Å². The topological polar surface area (TPSA) is 49.5 Å². The van der Waals surface area contributed by atoms with Crippen molar-refractivity contribution in [2.75, 3.05) is 33.7 Å². The van der Waals surface area contributed by atoms with Crippen LogP contribution in [0.2, 0.25) is 16.6 Å². The molecule has 156 valence electrons. The highest BCUT2D eigenvalue weighted by Crippen LogP contribution is 2.43. The second-order valence-corrected chi connectivity index (χ2v) is 14.0. The summed E-state index contributed by atoms with van der Waals surface area (Å²) in [5.41, 5.74) is 1.69. The van der Waals surface area contributed by atoms with Gasteiger partial charge in [-0.1, -0.05) is 48.5 Å². The molecule has 1 heterocycles. The fraction of sp³-hybridized carbons (Fsp3) is 1.00. The van der Waals surface area contributed by atoms with Crippen LogP contribution in [0.5, 0.6) is 0 Å². The molecule has 0 unspecified atom stereocenters. The Kier molecular flexibility index (Phi) is 10.3. The summed E-state index contributed by atoms with van der Waals surface area (Å²) < 4.78 is 29.1. The normalized spacial score (nSPS) is 23.1. The van der Waals surface area contributed by atoms with Crippen LogP contribution in [-0.2, 0) is 23.4 Å². The van der Waals surface area contributed by atoms with E-state index in [1.165, 1.54) is 0 Å². The first-order chi connectivity index (χ1) is 12.2. The molecule has 1 aliphatic rings. The zero-order chi connectivity index (χ0) is 19.9. The maximum Gasteiger partial charge on any atom is 0.200 e. The van der Waals surface area contributed by atoms with Gasteiger partial charge in [0.15, 0.2) is 8.32 Å². The molecule has 1 rings (SSSR count). The van der Waals surface area contributed by atoms with Gasteiger partial charge in [-0.05, 0) is 23.5 Å². The van der Waals surface area contributed by atoms with Gasteiger partial charge in [-0.2, -0.15) is 0 Å². The molecule has 0 bridgehead atoms. The Bertz CT molecular complexity index is 367. The molecule has 5 nitrogen and oxygen atoms in total. The highest BCUT2D eigenvalue weighted by Gasteiger charge is 2.47. The highest BCUT2D eigenvalue weighted by atomic mass is 28.4. The monoisotopic (exact) mass is 390 g/mol. The standard InChI is InChI=1S/C20H42O5Si/c1-14(2)26(15(3)4,16(5)6)24-12-19(17(7)20-18(8)25-20)23-13-22-11-10-21-9/h14-20H,10-13H2,1-9H3/t17-,18+,19-,20-/m0/s1. The molecule has 0 aromatic heterocycles. The van der Waals surface area contributed by atoms with Crippen molar-refractivity contribution in [3.63, 3.8) is 0 Å². The molecule has 0 amide bonds. The van der Waals surface area contributed by atoms with Gasteiger partial charge in [0, 0.05) is 13.0 Å². The molecule has 4 atom stereocenters. The highest BCUT2D eigenvalue weighted by molar-refractivity contribution is 6.77. The van der Waals surface area contributed by atoms with Gasteiger partial charge in [0.2, 0.25) is 0 Å². The van der Waals surface area contributed by atoms with Crippen LogP contribution >= 0.6 is 0 Å². The Morgan fingerprint density at radius 3 is 1.88 bits per heavy atom. The SMILES string of the molecule is COCCOCO[C@@H](CO[Si](C(C)C)(C(C)C)C(C)C)[C@H](C)[C@@H]1O[C@@H]1C. The Morgan fingerprint density at radius 1 is 0.923 bits per heavy atom. The van der Waals surface area contributed by atoms with Crippen LogP contribution in [0.3, 0.4) is 0 Å². The third-order valence-electron chi connectivity index (χ3n) is 5.86. The molecule has 6 heteroatoms. The number of ether oxygens (including phenoxy) is 4. The van der Waals surface area contributed by atoms with E-state index in [4.69, 9.17) is 23.4 Å². The van der Waals surface area contributed by atoms with Crippen LogP contribution in [-0.4, -0.2) is 60.4 Å². The Morgan fingerprint density at radius 2 is 1.46 bits per heavy atom. The zero-order valence-corrected chi connectivity index (χ0v) is 19.4. The van der Waals surface area contributed by atoms with Gasteiger partial charge in [0.05, 0.1) is 38.1 Å². The van der Waals surface area contributed by atoms with Crippen LogP contribution in [0.4, 0.5) is 0 Å². The van der Waals surface area contributed by atoms with Crippen LogP contribution in [0.1, 0.15) is 55.4 Å². The lowest BCUT2D eigenvalue weighted by molar-refractivity contribution is -0.124. The van der Waals surface area contributed by atoms with Crippen molar-refractivity contribution >= 4 is 8.32 Å². The maximum atomic E-state index is 6.77. The van der Waals surface area contributed by atoms with Gasteiger partial charge in [-0.15, -0.1) is 0 Å². The molecule has 0 aliphatic carbocycles. The Labute approximate surface area is 162 Å². The molecule has 0 aromatic rings. The third-order valence-corrected chi connectivity index (χ3v) is 11.9. The Balaban J connectivity index is 2.73. The fourth-order valence-electron chi connectivity index (χ4n) is 4.38. The van der Waals surface area contributed by atoms with Crippen molar-refractivity contribution < 1.29 is 23.4 Å². The molecule has 0 radical (unpaired) electrons. The first-order valence-corrected chi connectivity index (χ1v) is 12.3. The molecule has 26 heavy (non-hydrogen) atoms. The molecule has 1 fully saturated rings. The first kappa shape index (κ1) is 24.1. The molecule has 1 saturated heterocycles. The minimum atomic E-state index is -1.91. The number of rotatable bonds is 14. The summed E-state index contributed by atoms with van der Waals surface area (Å²) in [5, 5.41) is 0. The van der Waals surface area contributed by atoms with Gasteiger partial charge in [-0.3, -0.25) is 0 Å². The average Bonchev–Trinajstić information content (AvgIpc) is 3.28. The second-order valence-electron chi connectivity index (χ2n) is 8.52. The summed E-state index contributed by atoms with van der Waals surface area (Å²) >= 11 is 0. The van der Waals surface area contributed by atoms with Crippen LogP contribution < -0.4 is 0 Å². The lowest BCUT2D eigenvalue weighted by atomic mass is 10.00. The summed E-state index contributed by atoms with van der Waals surface area (Å²) in [4.78, 5) is 0. The van der Waals surface area contributed by atoms with E-state index in [2.05, 4.69) is 55.4 Å². The van der Waals surface area contributed by atoms with Crippen molar-refractivity contribution in [1.29, 1.82) is 0 Å². The van der Waals surface area contributed by atoms with Gasteiger partial charge in [0.1, 0.15) is 6.79 Å². The number of hydrogen-bond donors (Lipinski definition) is 0. The quantitative estimate of drug-likeness (QED) is 0.188. The van der Waals surface area contributed by atoms with E-state index in [1.807, 2.05) is 0 Å². The van der Waals surface area contributed by atoms with Crippen molar-refractivity contribution in [2.45, 2.75) is 90.3 Å². The van der Waals surface area contributed by atoms with E-state index in [9.17, 15) is 0 Å². The Hall–Kier alpha value is 0.0169. The lowest BCUT2D eigenvalue weighted by Crippen LogP contribution is -2.50. The third kappa shape index (κ3) is 6.28. The molecule has 0 saturated carbocycles. The fourth-order valence-corrected chi connectivity index (χ4v) is 9.83. The van der Waals surface area contributed by atoms with E-state index in [0.29, 0.717) is 42.5 Å². The summed E-state index contributed by atoms with van der Waals surface area (Å²) in [7, 11) is -0.240. The lowest BCUT2D eigenvalue weighted by Gasteiger charge is -2.43. The smallest absolute Gasteiger partial charge is 0.200 e. The van der Waals surface area contributed by atoms with Gasteiger partial charge in [-0.25, -0.2) is 0 Å². The van der Waals surface area contributed by atoms with Crippen LogP contribution in [0, 0.1) is 5.92 Å². The molecule has 0 spiro atoms. The summed E-state index contributed by atoms with van der Waals surface area (Å²) in [6.45, 7) is 20.2. The number of epoxide rings is 1. The van der Waals surface area contributed by atoms with Crippen molar-refractivity contribution in [1.82, 2.24) is 0 Å². The number of methoxy groups -OCH3 is 1. The van der Waals surface area contributed by atoms with Gasteiger partial charge < -0.3 is 23.4 Å². The van der Waals surface area contributed by atoms with E-state index in [0.717, 1.165) is 0 Å². The van der Waals surface area contributed by atoms with E-state index >= 15 is 0 Å². The molecule has 0 aromatic carbocycles. The van der Waals surface area contributed by atoms with Gasteiger partial charge in [0.25, 0.3) is 0 Å². The first-order valence-electron chi connectivity index (χ1n) is 10.2. The van der Waals surface area contributed by atoms with Gasteiger partial charge >= 0.3 is 0 Å². The van der Waals surface area contributed by atoms with Crippen LogP contribution in [0.15, 0.2) is 0 Å². The maximum absolute atomic E-state index is 6.77. The zero-order valence-electron chi connectivity index (χ0n) is 18.4. The largest absolute Gasteiger partial charge is 0.413 e. The second kappa shape index (κ2) is 11.1. The van der Waals surface area contributed by atoms with E-state index in [1.54, 1.807) is 7.11 Å². The minimum absolute atomic E-state index is 0.0179.